The summed E-state index contributed by atoms with van der Waals surface area (Å²) in [7, 11) is 0. The monoisotopic (exact) mass is 293 g/mol. The first-order valence-electron chi connectivity index (χ1n) is 7.20. The second-order valence-corrected chi connectivity index (χ2v) is 5.45. The molecule has 4 rings (SSSR count). The number of aromatic amines is 1. The van der Waals surface area contributed by atoms with E-state index in [-0.39, 0.29) is 0 Å². The fourth-order valence-corrected chi connectivity index (χ4v) is 3.06. The Morgan fingerprint density at radius 2 is 2.09 bits per heavy atom. The van der Waals surface area contributed by atoms with Crippen LogP contribution in [0.15, 0.2) is 36.5 Å². The van der Waals surface area contributed by atoms with Gasteiger partial charge in [-0.05, 0) is 18.4 Å². The van der Waals surface area contributed by atoms with E-state index in [1.807, 2.05) is 35.0 Å². The first-order chi connectivity index (χ1) is 10.7. The molecule has 1 aliphatic rings. The predicted octanol–water partition coefficient (Wildman–Crippen LogP) is 1.52. The van der Waals surface area contributed by atoms with Crippen LogP contribution in [0.4, 0.5) is 0 Å². The van der Waals surface area contributed by atoms with E-state index >= 15 is 0 Å². The molecular formula is C16H15N5O. The van der Waals surface area contributed by atoms with Gasteiger partial charge in [-0.1, -0.05) is 30.3 Å². The quantitative estimate of drug-likeness (QED) is 0.767. The van der Waals surface area contributed by atoms with Gasteiger partial charge in [-0.3, -0.25) is 14.6 Å². The number of aryl methyl sites for hydroxylation is 1. The third kappa shape index (κ3) is 1.92. The molecule has 0 aliphatic heterocycles. The van der Waals surface area contributed by atoms with Gasteiger partial charge in [0.05, 0.1) is 18.4 Å². The van der Waals surface area contributed by atoms with Crippen LogP contribution in [0.5, 0.6) is 0 Å². The van der Waals surface area contributed by atoms with Crippen molar-refractivity contribution in [2.75, 3.05) is 0 Å². The molecule has 2 heterocycles. The Morgan fingerprint density at radius 3 is 2.86 bits per heavy atom. The zero-order valence-corrected chi connectivity index (χ0v) is 11.9. The Bertz CT molecular complexity index is 847. The van der Waals surface area contributed by atoms with E-state index in [1.54, 1.807) is 6.20 Å². The Balaban J connectivity index is 1.88. The number of H-pyrrole nitrogens is 1. The Hall–Kier alpha value is -2.89. The van der Waals surface area contributed by atoms with Gasteiger partial charge < -0.3 is 5.73 Å². The van der Waals surface area contributed by atoms with Gasteiger partial charge in [0.1, 0.15) is 0 Å². The minimum Gasteiger partial charge on any atom is -0.364 e. The fourth-order valence-electron chi connectivity index (χ4n) is 3.06. The molecule has 0 saturated carbocycles. The third-order valence-electron chi connectivity index (χ3n) is 4.06. The SMILES string of the molecule is NC(=O)c1nn(Cc2ccccc2)c2c1CCc1[nH]ncc1-2. The molecule has 0 radical (unpaired) electrons. The highest BCUT2D eigenvalue weighted by atomic mass is 16.1. The molecule has 0 saturated heterocycles. The number of aromatic nitrogens is 4. The van der Waals surface area contributed by atoms with Gasteiger partial charge in [0.2, 0.25) is 0 Å². The van der Waals surface area contributed by atoms with Crippen molar-refractivity contribution in [2.45, 2.75) is 19.4 Å². The molecule has 0 bridgehead atoms. The number of amides is 1. The van der Waals surface area contributed by atoms with Gasteiger partial charge in [0, 0.05) is 16.8 Å². The van der Waals surface area contributed by atoms with Crippen LogP contribution >= 0.6 is 0 Å². The molecule has 1 aromatic carbocycles. The summed E-state index contributed by atoms with van der Waals surface area (Å²) in [6, 6.07) is 10.0. The van der Waals surface area contributed by atoms with E-state index in [2.05, 4.69) is 15.3 Å². The number of nitrogens with zero attached hydrogens (tertiary/aromatic N) is 3. The summed E-state index contributed by atoms with van der Waals surface area (Å²) in [6.45, 7) is 0.598. The van der Waals surface area contributed by atoms with E-state index in [9.17, 15) is 4.79 Å². The number of rotatable bonds is 3. The van der Waals surface area contributed by atoms with Crippen molar-refractivity contribution >= 4 is 5.91 Å². The first kappa shape index (κ1) is 12.8. The lowest BCUT2D eigenvalue weighted by molar-refractivity contribution is 0.0994. The van der Waals surface area contributed by atoms with E-state index in [0.717, 1.165) is 40.9 Å². The van der Waals surface area contributed by atoms with Crippen molar-refractivity contribution in [1.82, 2.24) is 20.0 Å². The van der Waals surface area contributed by atoms with Gasteiger partial charge in [0.15, 0.2) is 5.69 Å². The summed E-state index contributed by atoms with van der Waals surface area (Å²) in [6.07, 6.45) is 3.36. The maximum absolute atomic E-state index is 11.7. The van der Waals surface area contributed by atoms with E-state index < -0.39 is 5.91 Å². The average Bonchev–Trinajstić information content (AvgIpc) is 3.12. The minimum atomic E-state index is -0.477. The summed E-state index contributed by atoms with van der Waals surface area (Å²) < 4.78 is 1.86. The maximum atomic E-state index is 11.7. The number of hydrogen-bond acceptors (Lipinski definition) is 3. The summed E-state index contributed by atoms with van der Waals surface area (Å²) in [5.41, 5.74) is 11.0. The minimum absolute atomic E-state index is 0.373. The van der Waals surface area contributed by atoms with Crippen molar-refractivity contribution in [2.24, 2.45) is 5.73 Å². The number of primary amides is 1. The molecule has 2 aromatic heterocycles. The molecule has 1 aliphatic carbocycles. The third-order valence-corrected chi connectivity index (χ3v) is 4.06. The molecule has 110 valence electrons. The smallest absolute Gasteiger partial charge is 0.269 e. The van der Waals surface area contributed by atoms with Gasteiger partial charge in [0.25, 0.3) is 5.91 Å². The van der Waals surface area contributed by atoms with Crippen LogP contribution in [0.3, 0.4) is 0 Å². The summed E-state index contributed by atoms with van der Waals surface area (Å²) in [5, 5.41) is 11.6. The maximum Gasteiger partial charge on any atom is 0.269 e. The normalized spacial score (nSPS) is 12.7. The topological polar surface area (TPSA) is 89.6 Å². The van der Waals surface area contributed by atoms with Crippen LogP contribution in [0.2, 0.25) is 0 Å². The second-order valence-electron chi connectivity index (χ2n) is 5.45. The predicted molar refractivity (Wildman–Crippen MR) is 81.3 cm³/mol. The highest BCUT2D eigenvalue weighted by molar-refractivity contribution is 5.94. The van der Waals surface area contributed by atoms with Crippen LogP contribution in [0.1, 0.15) is 27.3 Å². The standard InChI is InChI=1S/C16H15N5O/c17-16(22)14-11-6-7-13-12(8-18-19-13)15(11)21(20-14)9-10-4-2-1-3-5-10/h1-5,8H,6-7,9H2,(H2,17,22)(H,18,19). The highest BCUT2D eigenvalue weighted by Crippen LogP contribution is 2.34. The lowest BCUT2D eigenvalue weighted by atomic mass is 9.93. The zero-order valence-electron chi connectivity index (χ0n) is 11.9. The molecule has 3 N–H and O–H groups in total. The molecule has 22 heavy (non-hydrogen) atoms. The van der Waals surface area contributed by atoms with Crippen LogP contribution in [-0.2, 0) is 19.4 Å². The molecule has 6 nitrogen and oxygen atoms in total. The van der Waals surface area contributed by atoms with Crippen LogP contribution in [-0.4, -0.2) is 25.9 Å². The van der Waals surface area contributed by atoms with Crippen molar-refractivity contribution in [1.29, 1.82) is 0 Å². The van der Waals surface area contributed by atoms with Crippen molar-refractivity contribution in [3.05, 3.63) is 59.0 Å². The molecule has 3 aromatic rings. The van der Waals surface area contributed by atoms with Crippen molar-refractivity contribution in [3.63, 3.8) is 0 Å². The fraction of sp³-hybridized carbons (Fsp3) is 0.188. The summed E-state index contributed by atoms with van der Waals surface area (Å²) in [5.74, 6) is -0.477. The number of benzene rings is 1. The van der Waals surface area contributed by atoms with Crippen molar-refractivity contribution < 1.29 is 4.79 Å². The first-order valence-corrected chi connectivity index (χ1v) is 7.20. The summed E-state index contributed by atoms with van der Waals surface area (Å²) >= 11 is 0. The average molecular weight is 293 g/mol. The molecule has 1 amide bonds. The van der Waals surface area contributed by atoms with Crippen LogP contribution in [0.25, 0.3) is 11.3 Å². The molecular weight excluding hydrogens is 278 g/mol. The number of fused-ring (bicyclic) bond motifs is 3. The van der Waals surface area contributed by atoms with Gasteiger partial charge >= 0.3 is 0 Å². The lowest BCUT2D eigenvalue weighted by Crippen LogP contribution is -2.15. The lowest BCUT2D eigenvalue weighted by Gasteiger charge is -2.14. The van der Waals surface area contributed by atoms with Gasteiger partial charge in [-0.25, -0.2) is 0 Å². The van der Waals surface area contributed by atoms with Crippen LogP contribution < -0.4 is 5.73 Å². The largest absolute Gasteiger partial charge is 0.364 e. The van der Waals surface area contributed by atoms with Crippen molar-refractivity contribution in [3.8, 4) is 11.3 Å². The summed E-state index contributed by atoms with van der Waals surface area (Å²) in [4.78, 5) is 11.7. The Kier molecular flexibility index (Phi) is 2.82. The van der Waals surface area contributed by atoms with Gasteiger partial charge in [-0.15, -0.1) is 0 Å². The molecule has 6 heteroatoms. The number of nitrogens with two attached hydrogens (primary N) is 1. The number of hydrogen-bond donors (Lipinski definition) is 2. The van der Waals surface area contributed by atoms with Gasteiger partial charge in [-0.2, -0.15) is 10.2 Å². The Morgan fingerprint density at radius 1 is 1.27 bits per heavy atom. The highest BCUT2D eigenvalue weighted by Gasteiger charge is 2.28. The Labute approximate surface area is 127 Å². The molecule has 0 spiro atoms. The number of nitrogens with one attached hydrogen (secondary N) is 1. The molecule has 0 unspecified atom stereocenters. The zero-order chi connectivity index (χ0) is 15.1. The number of carbonyl (C=O) groups is 1. The van der Waals surface area contributed by atoms with E-state index in [0.29, 0.717) is 12.2 Å². The van der Waals surface area contributed by atoms with Crippen LogP contribution in [0, 0.1) is 0 Å². The number of carbonyl (C=O) groups excluding carboxylic acids is 1. The van der Waals surface area contributed by atoms with E-state index in [4.69, 9.17) is 5.73 Å². The van der Waals surface area contributed by atoms with E-state index in [1.165, 1.54) is 0 Å². The molecule has 0 fully saturated rings. The second kappa shape index (κ2) is 4.84. The molecule has 0 atom stereocenters.